The van der Waals surface area contributed by atoms with E-state index in [-0.39, 0.29) is 22.8 Å². The van der Waals surface area contributed by atoms with Gasteiger partial charge in [0.1, 0.15) is 0 Å². The van der Waals surface area contributed by atoms with Crippen molar-refractivity contribution in [2.45, 2.75) is 33.4 Å². The van der Waals surface area contributed by atoms with Crippen LogP contribution in [0.5, 0.6) is 0 Å². The monoisotopic (exact) mass is 323 g/mol. The molecular weight excluding hydrogens is 302 g/mol. The van der Waals surface area contributed by atoms with Gasteiger partial charge in [0.15, 0.2) is 0 Å². The van der Waals surface area contributed by atoms with Crippen molar-refractivity contribution < 1.29 is 9.72 Å². The first-order chi connectivity index (χ1) is 10.2. The fourth-order valence-electron chi connectivity index (χ4n) is 1.32. The van der Waals surface area contributed by atoms with Crippen molar-refractivity contribution in [2.75, 3.05) is 5.75 Å². The van der Waals surface area contributed by atoms with Crippen molar-refractivity contribution in [1.29, 1.82) is 0 Å². The van der Waals surface area contributed by atoms with E-state index in [1.807, 2.05) is 27.7 Å². The molecule has 1 aromatic rings. The highest BCUT2D eigenvalue weighted by molar-refractivity contribution is 7.99. The topological polar surface area (TPSA) is 84.6 Å². The average molecular weight is 323 g/mol. The number of hydrogen-bond acceptors (Lipinski definition) is 5. The summed E-state index contributed by atoms with van der Waals surface area (Å²) < 4.78 is 0. The summed E-state index contributed by atoms with van der Waals surface area (Å²) in [5.74, 6) is 0.751. The lowest BCUT2D eigenvalue weighted by Crippen LogP contribution is -2.25. The average Bonchev–Trinajstić information content (AvgIpc) is 2.44. The molecule has 120 valence electrons. The van der Waals surface area contributed by atoms with Gasteiger partial charge < -0.3 is 0 Å². The highest BCUT2D eigenvalue weighted by Gasteiger charge is 2.14. The van der Waals surface area contributed by atoms with Gasteiger partial charge in [-0.1, -0.05) is 32.9 Å². The molecule has 0 spiro atoms. The molecule has 7 heteroatoms. The third-order valence-corrected chi connectivity index (χ3v) is 4.09. The molecule has 0 unspecified atom stereocenters. The fourth-order valence-corrected chi connectivity index (χ4v) is 2.10. The molecule has 0 bridgehead atoms. The molecule has 1 amide bonds. The van der Waals surface area contributed by atoms with Crippen LogP contribution in [-0.4, -0.2) is 22.3 Å². The zero-order chi connectivity index (χ0) is 16.8. The van der Waals surface area contributed by atoms with E-state index in [1.165, 1.54) is 23.9 Å². The molecule has 0 radical (unpaired) electrons. The highest BCUT2D eigenvalue weighted by atomic mass is 32.2. The van der Waals surface area contributed by atoms with Crippen LogP contribution in [0.4, 0.5) is 5.69 Å². The van der Waals surface area contributed by atoms with E-state index in [2.05, 4.69) is 10.5 Å². The van der Waals surface area contributed by atoms with Crippen molar-refractivity contribution >= 4 is 29.1 Å². The first-order valence-electron chi connectivity index (χ1n) is 6.85. The van der Waals surface area contributed by atoms with Crippen LogP contribution in [-0.2, 0) is 10.5 Å². The van der Waals surface area contributed by atoms with Crippen molar-refractivity contribution in [3.63, 3.8) is 0 Å². The summed E-state index contributed by atoms with van der Waals surface area (Å²) >= 11 is 1.44. The van der Waals surface area contributed by atoms with Gasteiger partial charge in [0, 0.05) is 29.0 Å². The third kappa shape index (κ3) is 6.26. The van der Waals surface area contributed by atoms with E-state index >= 15 is 0 Å². The van der Waals surface area contributed by atoms with Crippen LogP contribution in [0.25, 0.3) is 0 Å². The van der Waals surface area contributed by atoms with Gasteiger partial charge in [0.25, 0.3) is 5.69 Å². The minimum absolute atomic E-state index is 0.0680. The molecule has 0 saturated heterocycles. The summed E-state index contributed by atoms with van der Waals surface area (Å²) in [6.45, 7) is 7.97. The molecule has 22 heavy (non-hydrogen) atoms. The fraction of sp³-hybridized carbons (Fsp3) is 0.467. The maximum atomic E-state index is 11.7. The molecule has 0 aliphatic rings. The molecule has 1 rings (SSSR count). The number of benzene rings is 1. The Hall–Kier alpha value is -1.89. The Morgan fingerprint density at radius 3 is 2.41 bits per heavy atom. The quantitative estimate of drug-likeness (QED) is 0.494. The van der Waals surface area contributed by atoms with Crippen molar-refractivity contribution in [3.05, 3.63) is 39.9 Å². The molecule has 1 N–H and O–H groups in total. The van der Waals surface area contributed by atoms with Gasteiger partial charge in [-0.25, -0.2) is 5.43 Å². The number of carbonyl (C=O) groups excluding carboxylic acids is 1. The number of thioether (sulfide) groups is 1. The molecular formula is C15H21N3O3S. The van der Waals surface area contributed by atoms with Crippen LogP contribution in [0.15, 0.2) is 29.4 Å². The number of nitrogens with zero attached hydrogens (tertiary/aromatic N) is 2. The molecule has 6 nitrogen and oxygen atoms in total. The number of nitrogens with one attached hydrogen (secondary N) is 1. The number of non-ortho nitro benzene ring substituents is 1. The lowest BCUT2D eigenvalue weighted by atomic mass is 9.91. The van der Waals surface area contributed by atoms with E-state index < -0.39 is 4.92 Å². The largest absolute Gasteiger partial charge is 0.272 e. The van der Waals surface area contributed by atoms with Crippen LogP contribution in [0.2, 0.25) is 0 Å². The highest BCUT2D eigenvalue weighted by Crippen LogP contribution is 2.17. The van der Waals surface area contributed by atoms with Gasteiger partial charge >= 0.3 is 0 Å². The van der Waals surface area contributed by atoms with Gasteiger partial charge in [0.05, 0.1) is 10.7 Å². The summed E-state index contributed by atoms with van der Waals surface area (Å²) in [7, 11) is 0. The molecule has 0 atom stereocenters. The number of amides is 1. The molecule has 0 aliphatic carbocycles. The summed E-state index contributed by atoms with van der Waals surface area (Å²) in [5.41, 5.74) is 4.34. The molecule has 0 aromatic heterocycles. The zero-order valence-corrected chi connectivity index (χ0v) is 14.1. The second kappa shape index (κ2) is 7.93. The van der Waals surface area contributed by atoms with Crippen LogP contribution in [0, 0.1) is 15.5 Å². The standard InChI is InChI=1S/C15H21N3O3S/c1-11(15(2,3)4)16-17-14(19)10-22-9-12-5-7-13(8-6-12)18(20)21/h5-8H,9-10H2,1-4H3,(H,17,19)/b16-11-. The number of nitro benzene ring substituents is 1. The lowest BCUT2D eigenvalue weighted by molar-refractivity contribution is -0.384. The zero-order valence-electron chi connectivity index (χ0n) is 13.3. The Kier molecular flexibility index (Phi) is 6.55. The molecule has 0 saturated carbocycles. The van der Waals surface area contributed by atoms with E-state index in [0.29, 0.717) is 5.75 Å². The minimum Gasteiger partial charge on any atom is -0.272 e. The summed E-state index contributed by atoms with van der Waals surface area (Å²) in [6.07, 6.45) is 0. The van der Waals surface area contributed by atoms with E-state index in [4.69, 9.17) is 0 Å². The van der Waals surface area contributed by atoms with Gasteiger partial charge in [0.2, 0.25) is 5.91 Å². The van der Waals surface area contributed by atoms with Crippen LogP contribution >= 0.6 is 11.8 Å². The minimum atomic E-state index is -0.431. The molecule has 0 aliphatic heterocycles. The van der Waals surface area contributed by atoms with Crippen LogP contribution in [0.1, 0.15) is 33.3 Å². The summed E-state index contributed by atoms with van der Waals surface area (Å²) in [5, 5.41) is 14.6. The molecule has 0 fully saturated rings. The van der Waals surface area contributed by atoms with E-state index in [0.717, 1.165) is 11.3 Å². The van der Waals surface area contributed by atoms with Crippen molar-refractivity contribution in [1.82, 2.24) is 5.43 Å². The predicted octanol–water partition coefficient (Wildman–Crippen LogP) is 3.37. The van der Waals surface area contributed by atoms with Gasteiger partial charge in [-0.3, -0.25) is 14.9 Å². The Balaban J connectivity index is 2.38. The Bertz CT molecular complexity index is 562. The Morgan fingerprint density at radius 1 is 1.32 bits per heavy atom. The normalized spacial score (nSPS) is 12.1. The lowest BCUT2D eigenvalue weighted by Gasteiger charge is -2.17. The number of hydrazone groups is 1. The molecule has 0 heterocycles. The SMILES string of the molecule is C/C(=N/NC(=O)CSCc1ccc([N+](=O)[O-])cc1)C(C)(C)C. The summed E-state index contributed by atoms with van der Waals surface area (Å²) in [6, 6.07) is 6.33. The van der Waals surface area contributed by atoms with E-state index in [1.54, 1.807) is 12.1 Å². The number of carbonyl (C=O) groups is 1. The smallest absolute Gasteiger partial charge is 0.269 e. The summed E-state index contributed by atoms with van der Waals surface area (Å²) in [4.78, 5) is 21.8. The second-order valence-corrected chi connectivity index (χ2v) is 6.88. The molecule has 1 aromatic carbocycles. The maximum absolute atomic E-state index is 11.7. The maximum Gasteiger partial charge on any atom is 0.269 e. The number of rotatable bonds is 6. The van der Waals surface area contributed by atoms with Crippen LogP contribution in [0.3, 0.4) is 0 Å². The first-order valence-corrected chi connectivity index (χ1v) is 8.00. The number of nitro groups is 1. The van der Waals surface area contributed by atoms with Gasteiger partial charge in [-0.15, -0.1) is 11.8 Å². The van der Waals surface area contributed by atoms with Crippen molar-refractivity contribution in [3.8, 4) is 0 Å². The third-order valence-electron chi connectivity index (χ3n) is 3.08. The first kappa shape index (κ1) is 18.2. The van der Waals surface area contributed by atoms with Crippen molar-refractivity contribution in [2.24, 2.45) is 10.5 Å². The number of hydrogen-bond donors (Lipinski definition) is 1. The predicted molar refractivity (Wildman–Crippen MR) is 90.0 cm³/mol. The van der Waals surface area contributed by atoms with Gasteiger partial charge in [-0.2, -0.15) is 5.10 Å². The second-order valence-electron chi connectivity index (χ2n) is 5.90. The Morgan fingerprint density at radius 2 is 1.91 bits per heavy atom. The van der Waals surface area contributed by atoms with Crippen LogP contribution < -0.4 is 5.43 Å². The Labute approximate surface area is 134 Å². The van der Waals surface area contributed by atoms with E-state index in [9.17, 15) is 14.9 Å². The van der Waals surface area contributed by atoms with Gasteiger partial charge in [-0.05, 0) is 12.5 Å².